The smallest absolute Gasteiger partial charge is 0.373 e. The predicted molar refractivity (Wildman–Crippen MR) is 75.5 cm³/mol. The standard InChI is InChI=1S/C14H16F3N5O/c1-22-8-10(7-19-22)13-9(4-5-23-13)6-18-12-3-2-11(20-21-12)14(15,16)17/h2-3,7-9,13H,4-6H2,1H3,(H,18,21)/t9-,13+/m0/s1. The SMILES string of the molecule is Cn1cc([C@@H]2OCC[C@H]2CNc2ccc(C(F)(F)F)nn2)cn1. The minimum atomic E-state index is -4.48. The van der Waals surface area contributed by atoms with Crippen LogP contribution in [-0.2, 0) is 18.0 Å². The summed E-state index contributed by atoms with van der Waals surface area (Å²) < 4.78 is 44.8. The Hall–Kier alpha value is -2.16. The molecule has 1 aliphatic rings. The summed E-state index contributed by atoms with van der Waals surface area (Å²) >= 11 is 0. The maximum Gasteiger partial charge on any atom is 0.435 e. The van der Waals surface area contributed by atoms with Crippen molar-refractivity contribution in [1.82, 2.24) is 20.0 Å². The van der Waals surface area contributed by atoms with E-state index in [4.69, 9.17) is 4.74 Å². The molecule has 0 amide bonds. The van der Waals surface area contributed by atoms with Crippen molar-refractivity contribution < 1.29 is 17.9 Å². The Kier molecular flexibility index (Phi) is 4.20. The van der Waals surface area contributed by atoms with Gasteiger partial charge in [-0.25, -0.2) is 0 Å². The van der Waals surface area contributed by atoms with Crippen LogP contribution in [-0.4, -0.2) is 33.1 Å². The average Bonchev–Trinajstić information content (AvgIpc) is 3.13. The molecular formula is C14H16F3N5O. The lowest BCUT2D eigenvalue weighted by molar-refractivity contribution is -0.141. The van der Waals surface area contributed by atoms with Crippen molar-refractivity contribution in [2.45, 2.75) is 18.7 Å². The van der Waals surface area contributed by atoms with E-state index in [9.17, 15) is 13.2 Å². The number of nitrogens with one attached hydrogen (secondary N) is 1. The number of hydrogen-bond donors (Lipinski definition) is 1. The van der Waals surface area contributed by atoms with Crippen molar-refractivity contribution in [3.05, 3.63) is 35.8 Å². The number of ether oxygens (including phenoxy) is 1. The summed E-state index contributed by atoms with van der Waals surface area (Å²) in [5.74, 6) is 0.512. The molecular weight excluding hydrogens is 311 g/mol. The zero-order chi connectivity index (χ0) is 16.4. The lowest BCUT2D eigenvalue weighted by Crippen LogP contribution is -2.19. The van der Waals surface area contributed by atoms with E-state index in [-0.39, 0.29) is 12.0 Å². The third kappa shape index (κ3) is 3.61. The topological polar surface area (TPSA) is 64.9 Å². The molecule has 1 fully saturated rings. The third-order valence-corrected chi connectivity index (χ3v) is 3.77. The Balaban J connectivity index is 1.61. The van der Waals surface area contributed by atoms with Crippen LogP contribution in [0.5, 0.6) is 0 Å². The highest BCUT2D eigenvalue weighted by Crippen LogP contribution is 2.34. The first-order valence-corrected chi connectivity index (χ1v) is 7.18. The number of aryl methyl sites for hydroxylation is 1. The maximum absolute atomic E-state index is 12.4. The highest BCUT2D eigenvalue weighted by molar-refractivity contribution is 5.33. The molecule has 3 heterocycles. The molecule has 0 unspecified atom stereocenters. The van der Waals surface area contributed by atoms with Gasteiger partial charge in [-0.1, -0.05) is 0 Å². The van der Waals surface area contributed by atoms with Crippen LogP contribution in [0.1, 0.15) is 23.8 Å². The van der Waals surface area contributed by atoms with Crippen LogP contribution in [0, 0.1) is 5.92 Å². The Morgan fingerprint density at radius 1 is 1.35 bits per heavy atom. The van der Waals surface area contributed by atoms with Gasteiger partial charge in [-0.3, -0.25) is 4.68 Å². The van der Waals surface area contributed by atoms with Crippen molar-refractivity contribution in [3.8, 4) is 0 Å². The third-order valence-electron chi connectivity index (χ3n) is 3.77. The van der Waals surface area contributed by atoms with Crippen LogP contribution in [0.2, 0.25) is 0 Å². The molecule has 3 rings (SSSR count). The van der Waals surface area contributed by atoms with Crippen molar-refractivity contribution in [1.29, 1.82) is 0 Å². The quantitative estimate of drug-likeness (QED) is 0.934. The highest BCUT2D eigenvalue weighted by Gasteiger charge is 2.33. The monoisotopic (exact) mass is 327 g/mol. The molecule has 2 aromatic heterocycles. The van der Waals surface area contributed by atoms with Gasteiger partial charge in [0.25, 0.3) is 0 Å². The van der Waals surface area contributed by atoms with Gasteiger partial charge in [-0.2, -0.15) is 18.3 Å². The lowest BCUT2D eigenvalue weighted by atomic mass is 9.97. The molecule has 9 heteroatoms. The number of halogens is 3. The fraction of sp³-hybridized carbons (Fsp3) is 0.500. The van der Waals surface area contributed by atoms with Crippen LogP contribution in [0.3, 0.4) is 0 Å². The van der Waals surface area contributed by atoms with Gasteiger partial charge in [-0.05, 0) is 18.6 Å². The molecule has 2 aromatic rings. The molecule has 23 heavy (non-hydrogen) atoms. The van der Waals surface area contributed by atoms with Crippen LogP contribution in [0.15, 0.2) is 24.5 Å². The molecule has 1 aliphatic heterocycles. The van der Waals surface area contributed by atoms with Gasteiger partial charge in [-0.15, -0.1) is 10.2 Å². The molecule has 2 atom stereocenters. The molecule has 0 saturated carbocycles. The Bertz CT molecular complexity index is 655. The summed E-state index contributed by atoms with van der Waals surface area (Å²) in [7, 11) is 1.84. The molecule has 0 bridgehead atoms. The number of nitrogens with zero attached hydrogens (tertiary/aromatic N) is 4. The molecule has 0 radical (unpaired) electrons. The van der Waals surface area contributed by atoms with Crippen molar-refractivity contribution in [2.24, 2.45) is 13.0 Å². The molecule has 0 aliphatic carbocycles. The molecule has 0 spiro atoms. The largest absolute Gasteiger partial charge is 0.435 e. The first kappa shape index (κ1) is 15.7. The first-order chi connectivity index (χ1) is 10.9. The first-order valence-electron chi connectivity index (χ1n) is 7.18. The second-order valence-electron chi connectivity index (χ2n) is 5.47. The fourth-order valence-corrected chi connectivity index (χ4v) is 2.61. The van der Waals surface area contributed by atoms with Gasteiger partial charge in [0.15, 0.2) is 5.69 Å². The summed E-state index contributed by atoms with van der Waals surface area (Å²) in [6, 6.07) is 2.20. The zero-order valence-corrected chi connectivity index (χ0v) is 12.4. The average molecular weight is 327 g/mol. The minimum Gasteiger partial charge on any atom is -0.373 e. The predicted octanol–water partition coefficient (Wildman–Crippen LogP) is 2.42. The van der Waals surface area contributed by atoms with Gasteiger partial charge >= 0.3 is 6.18 Å². The van der Waals surface area contributed by atoms with Crippen LogP contribution in [0.25, 0.3) is 0 Å². The summed E-state index contributed by atoms with van der Waals surface area (Å²) in [6.07, 6.45) is -0.0165. The van der Waals surface area contributed by atoms with Gasteiger partial charge in [0.1, 0.15) is 5.82 Å². The Morgan fingerprint density at radius 2 is 2.17 bits per heavy atom. The maximum atomic E-state index is 12.4. The second kappa shape index (κ2) is 6.15. The minimum absolute atomic E-state index is 0.0707. The number of aromatic nitrogens is 4. The van der Waals surface area contributed by atoms with Crippen LogP contribution in [0.4, 0.5) is 19.0 Å². The molecule has 0 aromatic carbocycles. The van der Waals surface area contributed by atoms with E-state index in [1.165, 1.54) is 6.07 Å². The summed E-state index contributed by atoms with van der Waals surface area (Å²) in [5.41, 5.74) is -0.00390. The van der Waals surface area contributed by atoms with Gasteiger partial charge in [0.2, 0.25) is 0 Å². The second-order valence-corrected chi connectivity index (χ2v) is 5.47. The lowest BCUT2D eigenvalue weighted by Gasteiger charge is -2.18. The zero-order valence-electron chi connectivity index (χ0n) is 12.4. The van der Waals surface area contributed by atoms with E-state index < -0.39 is 11.9 Å². The number of rotatable bonds is 4. The molecule has 1 saturated heterocycles. The fourth-order valence-electron chi connectivity index (χ4n) is 2.61. The summed E-state index contributed by atoms with van der Waals surface area (Å²) in [4.78, 5) is 0. The van der Waals surface area contributed by atoms with E-state index in [1.807, 2.05) is 13.2 Å². The van der Waals surface area contributed by atoms with Crippen molar-refractivity contribution in [3.63, 3.8) is 0 Å². The van der Waals surface area contributed by atoms with E-state index in [0.29, 0.717) is 19.0 Å². The van der Waals surface area contributed by atoms with E-state index >= 15 is 0 Å². The van der Waals surface area contributed by atoms with Crippen molar-refractivity contribution in [2.75, 3.05) is 18.5 Å². The van der Waals surface area contributed by atoms with Crippen LogP contribution < -0.4 is 5.32 Å². The van der Waals surface area contributed by atoms with E-state index in [2.05, 4.69) is 20.6 Å². The Labute approximate surface area is 130 Å². The van der Waals surface area contributed by atoms with Crippen LogP contribution >= 0.6 is 0 Å². The normalized spacial score (nSPS) is 21.6. The molecule has 124 valence electrons. The number of alkyl halides is 3. The molecule has 6 nitrogen and oxygen atoms in total. The summed E-state index contributed by atoms with van der Waals surface area (Å²) in [6.45, 7) is 1.18. The van der Waals surface area contributed by atoms with Crippen molar-refractivity contribution >= 4 is 5.82 Å². The number of hydrogen-bond acceptors (Lipinski definition) is 5. The Morgan fingerprint density at radius 3 is 2.78 bits per heavy atom. The van der Waals surface area contributed by atoms with E-state index in [0.717, 1.165) is 18.1 Å². The van der Waals surface area contributed by atoms with Gasteiger partial charge in [0, 0.05) is 37.9 Å². The summed E-state index contributed by atoms with van der Waals surface area (Å²) in [5, 5.41) is 13.9. The highest BCUT2D eigenvalue weighted by atomic mass is 19.4. The molecule has 1 N–H and O–H groups in total. The van der Waals surface area contributed by atoms with E-state index in [1.54, 1.807) is 10.9 Å². The van der Waals surface area contributed by atoms with Gasteiger partial charge < -0.3 is 10.1 Å². The number of anilines is 1. The van der Waals surface area contributed by atoms with Gasteiger partial charge in [0.05, 0.1) is 12.3 Å².